The third-order valence-corrected chi connectivity index (χ3v) is 6.76. The number of nitrogens with one attached hydrogen (secondary N) is 1. The summed E-state index contributed by atoms with van der Waals surface area (Å²) in [7, 11) is 1.65. The van der Waals surface area contributed by atoms with Crippen molar-refractivity contribution in [3.63, 3.8) is 0 Å². The summed E-state index contributed by atoms with van der Waals surface area (Å²) in [5.41, 5.74) is 4.92. The third-order valence-electron chi connectivity index (χ3n) is 6.76. The molecular formula is C26H30N6O2. The van der Waals surface area contributed by atoms with E-state index in [1.54, 1.807) is 7.05 Å². The highest BCUT2D eigenvalue weighted by Gasteiger charge is 2.25. The summed E-state index contributed by atoms with van der Waals surface area (Å²) in [6.07, 6.45) is 0. The molecule has 1 fully saturated rings. The maximum Gasteiger partial charge on any atom is 0.329 e. The smallest absolute Gasteiger partial charge is 0.329 e. The predicted octanol–water partition coefficient (Wildman–Crippen LogP) is 2.41. The van der Waals surface area contributed by atoms with Crippen LogP contribution in [-0.4, -0.2) is 50.2 Å². The van der Waals surface area contributed by atoms with Crippen LogP contribution >= 0.6 is 0 Å². The molecule has 0 spiro atoms. The fourth-order valence-electron chi connectivity index (χ4n) is 4.62. The second-order valence-corrected chi connectivity index (χ2v) is 9.16. The van der Waals surface area contributed by atoms with E-state index in [0.717, 1.165) is 44.2 Å². The van der Waals surface area contributed by atoms with E-state index in [1.807, 2.05) is 4.57 Å². The van der Waals surface area contributed by atoms with Crippen molar-refractivity contribution >= 4 is 17.1 Å². The first-order chi connectivity index (χ1) is 16.4. The molecule has 2 aromatic heterocycles. The second-order valence-electron chi connectivity index (χ2n) is 9.16. The number of anilines is 1. The maximum absolute atomic E-state index is 12.8. The fourth-order valence-corrected chi connectivity index (χ4v) is 4.62. The summed E-state index contributed by atoms with van der Waals surface area (Å²) in [5, 5.41) is 0. The Hall–Kier alpha value is -3.65. The molecule has 0 unspecified atom stereocenters. The lowest BCUT2D eigenvalue weighted by Gasteiger charge is -2.35. The van der Waals surface area contributed by atoms with Gasteiger partial charge in [-0.15, -0.1) is 0 Å². The number of nitrogens with zero attached hydrogens (tertiary/aromatic N) is 5. The standard InChI is InChI=1S/C26H30N6O2/c1-18-8-10-20(11-9-18)16-32-22-23(29(3)26(34)28-24(22)33)27-25(32)31-14-12-30(13-15-31)17-21-7-5-4-6-19(21)2/h4-11H,12-17H2,1-3H3,(H,28,33,34). The van der Waals surface area contributed by atoms with Crippen molar-refractivity contribution in [2.45, 2.75) is 26.9 Å². The van der Waals surface area contributed by atoms with Crippen molar-refractivity contribution in [2.75, 3.05) is 31.1 Å². The Morgan fingerprint density at radius 3 is 2.32 bits per heavy atom. The first-order valence-corrected chi connectivity index (χ1v) is 11.7. The van der Waals surface area contributed by atoms with Crippen molar-refractivity contribution in [3.05, 3.63) is 91.6 Å². The molecule has 0 aliphatic carbocycles. The summed E-state index contributed by atoms with van der Waals surface area (Å²) >= 11 is 0. The number of imidazole rings is 1. The van der Waals surface area contributed by atoms with Crippen LogP contribution in [-0.2, 0) is 20.1 Å². The molecule has 1 aliphatic heterocycles. The molecule has 4 aromatic rings. The highest BCUT2D eigenvalue weighted by molar-refractivity contribution is 5.74. The van der Waals surface area contributed by atoms with Gasteiger partial charge in [-0.1, -0.05) is 54.1 Å². The lowest BCUT2D eigenvalue weighted by atomic mass is 10.1. The number of fused-ring (bicyclic) bond motifs is 1. The Morgan fingerprint density at radius 1 is 0.912 bits per heavy atom. The van der Waals surface area contributed by atoms with E-state index in [9.17, 15) is 9.59 Å². The molecular weight excluding hydrogens is 428 g/mol. The second kappa shape index (κ2) is 8.95. The minimum Gasteiger partial charge on any atom is -0.340 e. The van der Waals surface area contributed by atoms with Crippen molar-refractivity contribution in [2.24, 2.45) is 7.05 Å². The Bertz CT molecular complexity index is 1440. The van der Waals surface area contributed by atoms with Crippen LogP contribution in [0.25, 0.3) is 11.2 Å². The number of hydrogen-bond acceptors (Lipinski definition) is 5. The molecule has 176 valence electrons. The molecule has 1 N–H and O–H groups in total. The molecule has 0 saturated carbocycles. The molecule has 0 radical (unpaired) electrons. The van der Waals surface area contributed by atoms with E-state index >= 15 is 0 Å². The highest BCUT2D eigenvalue weighted by Crippen LogP contribution is 2.23. The molecule has 3 heterocycles. The zero-order valence-electron chi connectivity index (χ0n) is 19.9. The first-order valence-electron chi connectivity index (χ1n) is 11.7. The van der Waals surface area contributed by atoms with Crippen molar-refractivity contribution in [3.8, 4) is 0 Å². The average molecular weight is 459 g/mol. The normalized spacial score (nSPS) is 14.7. The van der Waals surface area contributed by atoms with Gasteiger partial charge in [0.2, 0.25) is 5.95 Å². The Kier molecular flexibility index (Phi) is 5.83. The van der Waals surface area contributed by atoms with Crippen LogP contribution in [0.15, 0.2) is 58.1 Å². The van der Waals surface area contributed by atoms with Gasteiger partial charge in [-0.05, 0) is 30.5 Å². The lowest BCUT2D eigenvalue weighted by molar-refractivity contribution is 0.248. The van der Waals surface area contributed by atoms with Gasteiger partial charge in [-0.3, -0.25) is 23.8 Å². The Labute approximate surface area is 198 Å². The van der Waals surface area contributed by atoms with Crippen LogP contribution in [0.5, 0.6) is 0 Å². The van der Waals surface area contributed by atoms with E-state index in [0.29, 0.717) is 17.7 Å². The Balaban J connectivity index is 1.47. The SMILES string of the molecule is Cc1ccc(Cn2c(N3CCN(Cc4ccccc4C)CC3)nc3c2c(=O)[nH]c(=O)n3C)cc1. The van der Waals surface area contributed by atoms with Gasteiger partial charge in [0.15, 0.2) is 11.2 Å². The van der Waals surface area contributed by atoms with Gasteiger partial charge in [0, 0.05) is 39.8 Å². The van der Waals surface area contributed by atoms with Gasteiger partial charge >= 0.3 is 5.69 Å². The number of aromatic amines is 1. The van der Waals surface area contributed by atoms with Crippen molar-refractivity contribution in [1.82, 2.24) is 24.0 Å². The lowest BCUT2D eigenvalue weighted by Crippen LogP contribution is -2.47. The summed E-state index contributed by atoms with van der Waals surface area (Å²) in [6.45, 7) is 9.05. The maximum atomic E-state index is 12.8. The van der Waals surface area contributed by atoms with Gasteiger partial charge in [0.05, 0.1) is 6.54 Å². The van der Waals surface area contributed by atoms with E-state index < -0.39 is 11.2 Å². The number of aromatic nitrogens is 4. The zero-order chi connectivity index (χ0) is 23.8. The average Bonchev–Trinajstić information content (AvgIpc) is 3.21. The Morgan fingerprint density at radius 2 is 1.62 bits per heavy atom. The summed E-state index contributed by atoms with van der Waals surface area (Å²) < 4.78 is 3.37. The minimum absolute atomic E-state index is 0.401. The van der Waals surface area contributed by atoms with Crippen molar-refractivity contribution < 1.29 is 0 Å². The number of aryl methyl sites for hydroxylation is 3. The summed E-state index contributed by atoms with van der Waals surface area (Å²) in [5.74, 6) is 0.734. The van der Waals surface area contributed by atoms with Gasteiger partial charge in [0.1, 0.15) is 0 Å². The van der Waals surface area contributed by atoms with Crippen LogP contribution < -0.4 is 16.1 Å². The summed E-state index contributed by atoms with van der Waals surface area (Å²) in [6, 6.07) is 16.8. The number of benzene rings is 2. The molecule has 5 rings (SSSR count). The van der Waals surface area contributed by atoms with Crippen LogP contribution in [0.4, 0.5) is 5.95 Å². The molecule has 8 heteroatoms. The number of H-pyrrole nitrogens is 1. The first kappa shape index (κ1) is 22.2. The quantitative estimate of drug-likeness (QED) is 0.497. The van der Waals surface area contributed by atoms with Gasteiger partial charge in [-0.2, -0.15) is 4.98 Å². The van der Waals surface area contributed by atoms with Crippen LogP contribution in [0.3, 0.4) is 0 Å². The van der Waals surface area contributed by atoms with Gasteiger partial charge < -0.3 is 4.90 Å². The molecule has 0 amide bonds. The van der Waals surface area contributed by atoms with Crippen LogP contribution in [0.1, 0.15) is 22.3 Å². The van der Waals surface area contributed by atoms with Gasteiger partial charge in [0.25, 0.3) is 5.56 Å². The minimum atomic E-state index is -0.452. The molecule has 0 bridgehead atoms. The highest BCUT2D eigenvalue weighted by atomic mass is 16.2. The predicted molar refractivity (Wildman–Crippen MR) is 135 cm³/mol. The number of rotatable bonds is 5. The van der Waals surface area contributed by atoms with Crippen LogP contribution in [0, 0.1) is 13.8 Å². The zero-order valence-corrected chi connectivity index (χ0v) is 19.9. The van der Waals surface area contributed by atoms with E-state index in [2.05, 4.69) is 77.2 Å². The molecule has 8 nitrogen and oxygen atoms in total. The molecule has 1 aliphatic rings. The summed E-state index contributed by atoms with van der Waals surface area (Å²) in [4.78, 5) is 37.0. The third kappa shape index (κ3) is 4.17. The molecule has 1 saturated heterocycles. The molecule has 34 heavy (non-hydrogen) atoms. The monoisotopic (exact) mass is 458 g/mol. The van der Waals surface area contributed by atoms with E-state index in [1.165, 1.54) is 21.3 Å². The van der Waals surface area contributed by atoms with Crippen LogP contribution in [0.2, 0.25) is 0 Å². The number of piperazine rings is 1. The van der Waals surface area contributed by atoms with E-state index in [4.69, 9.17) is 4.98 Å². The molecule has 2 aromatic carbocycles. The number of hydrogen-bond donors (Lipinski definition) is 1. The largest absolute Gasteiger partial charge is 0.340 e. The van der Waals surface area contributed by atoms with Gasteiger partial charge in [-0.25, -0.2) is 4.79 Å². The molecule has 0 atom stereocenters. The van der Waals surface area contributed by atoms with Crippen molar-refractivity contribution in [1.29, 1.82) is 0 Å². The topological polar surface area (TPSA) is 79.2 Å². The van der Waals surface area contributed by atoms with E-state index in [-0.39, 0.29) is 0 Å². The fraction of sp³-hybridized carbons (Fsp3) is 0.346.